The van der Waals surface area contributed by atoms with E-state index in [1.807, 2.05) is 0 Å². The lowest BCUT2D eigenvalue weighted by Crippen LogP contribution is -2.51. The number of hydrogen-bond acceptors (Lipinski definition) is 2. The number of rotatable bonds is 5. The van der Waals surface area contributed by atoms with Gasteiger partial charge in [-0.25, -0.2) is 0 Å². The van der Waals surface area contributed by atoms with Crippen molar-refractivity contribution < 1.29 is 4.74 Å². The Bertz CT molecular complexity index is 390. The van der Waals surface area contributed by atoms with Gasteiger partial charge >= 0.3 is 0 Å². The summed E-state index contributed by atoms with van der Waals surface area (Å²) in [5.74, 6) is 0. The molecule has 0 saturated heterocycles. The maximum absolute atomic E-state index is 6.58. The van der Waals surface area contributed by atoms with Crippen LogP contribution in [0.5, 0.6) is 0 Å². The summed E-state index contributed by atoms with van der Waals surface area (Å²) >= 11 is 0. The van der Waals surface area contributed by atoms with Crippen molar-refractivity contribution in [2.45, 2.75) is 70.4 Å². The van der Waals surface area contributed by atoms with Crippen molar-refractivity contribution in [3.63, 3.8) is 0 Å². The predicted octanol–water partition coefficient (Wildman–Crippen LogP) is 3.99. The van der Waals surface area contributed by atoms with Crippen LogP contribution in [0.25, 0.3) is 0 Å². The highest BCUT2D eigenvalue weighted by molar-refractivity contribution is 5.22. The SMILES string of the molecule is CCOC1(C(N)Cc2ccc(C)cc2)CCCCCC1. The Morgan fingerprint density at radius 2 is 1.70 bits per heavy atom. The standard InChI is InChI=1S/C18H29NO/c1-3-20-18(12-6-4-5-7-13-18)17(19)14-16-10-8-15(2)9-11-16/h8-11,17H,3-7,12-14,19H2,1-2H3. The van der Waals surface area contributed by atoms with Gasteiger partial charge in [-0.2, -0.15) is 0 Å². The number of ether oxygens (including phenoxy) is 1. The van der Waals surface area contributed by atoms with Crippen LogP contribution in [0, 0.1) is 6.92 Å². The normalized spacial score (nSPS) is 20.4. The fourth-order valence-electron chi connectivity index (χ4n) is 3.40. The van der Waals surface area contributed by atoms with Gasteiger partial charge in [0.05, 0.1) is 5.60 Å². The fourth-order valence-corrected chi connectivity index (χ4v) is 3.40. The molecule has 0 aliphatic heterocycles. The van der Waals surface area contributed by atoms with E-state index in [0.29, 0.717) is 0 Å². The predicted molar refractivity (Wildman–Crippen MR) is 84.9 cm³/mol. The second-order valence-electron chi connectivity index (χ2n) is 6.21. The molecule has 0 spiro atoms. The molecule has 1 fully saturated rings. The molecule has 0 amide bonds. The zero-order valence-corrected chi connectivity index (χ0v) is 13.0. The number of aryl methyl sites for hydroxylation is 1. The van der Waals surface area contributed by atoms with E-state index < -0.39 is 0 Å². The van der Waals surface area contributed by atoms with E-state index in [1.165, 1.54) is 36.8 Å². The molecule has 0 heterocycles. The van der Waals surface area contributed by atoms with Gasteiger partial charge in [0.25, 0.3) is 0 Å². The molecule has 1 atom stereocenters. The third-order valence-corrected chi connectivity index (χ3v) is 4.63. The van der Waals surface area contributed by atoms with Crippen LogP contribution in [0.3, 0.4) is 0 Å². The van der Waals surface area contributed by atoms with Gasteiger partial charge in [0, 0.05) is 12.6 Å². The molecule has 1 saturated carbocycles. The molecule has 2 nitrogen and oxygen atoms in total. The molecule has 0 bridgehead atoms. The Hall–Kier alpha value is -0.860. The molecule has 0 aromatic heterocycles. The highest BCUT2D eigenvalue weighted by Crippen LogP contribution is 2.34. The lowest BCUT2D eigenvalue weighted by molar-refractivity contribution is -0.0683. The van der Waals surface area contributed by atoms with Gasteiger partial charge in [-0.05, 0) is 38.7 Å². The third-order valence-electron chi connectivity index (χ3n) is 4.63. The van der Waals surface area contributed by atoms with Crippen molar-refractivity contribution in [3.05, 3.63) is 35.4 Å². The van der Waals surface area contributed by atoms with Crippen LogP contribution in [0.2, 0.25) is 0 Å². The van der Waals surface area contributed by atoms with Gasteiger partial charge in [0.2, 0.25) is 0 Å². The molecule has 1 unspecified atom stereocenters. The van der Waals surface area contributed by atoms with Gasteiger partial charge in [-0.1, -0.05) is 55.5 Å². The summed E-state index contributed by atoms with van der Waals surface area (Å²) in [5.41, 5.74) is 9.11. The Morgan fingerprint density at radius 3 is 2.25 bits per heavy atom. The summed E-state index contributed by atoms with van der Waals surface area (Å²) in [6.07, 6.45) is 8.31. The van der Waals surface area contributed by atoms with E-state index in [0.717, 1.165) is 25.9 Å². The van der Waals surface area contributed by atoms with Gasteiger partial charge in [0.15, 0.2) is 0 Å². The minimum atomic E-state index is -0.101. The number of benzene rings is 1. The highest BCUT2D eigenvalue weighted by Gasteiger charge is 2.37. The summed E-state index contributed by atoms with van der Waals surface area (Å²) in [6.45, 7) is 4.98. The monoisotopic (exact) mass is 275 g/mol. The van der Waals surface area contributed by atoms with Crippen LogP contribution in [0.1, 0.15) is 56.6 Å². The van der Waals surface area contributed by atoms with E-state index in [-0.39, 0.29) is 11.6 Å². The van der Waals surface area contributed by atoms with E-state index in [9.17, 15) is 0 Å². The quantitative estimate of drug-likeness (QED) is 0.825. The third kappa shape index (κ3) is 3.83. The first kappa shape index (κ1) is 15.5. The number of nitrogens with two attached hydrogens (primary N) is 1. The summed E-state index contributed by atoms with van der Waals surface area (Å²) < 4.78 is 6.18. The zero-order chi connectivity index (χ0) is 14.4. The Labute approximate surface area is 123 Å². The van der Waals surface area contributed by atoms with Crippen LogP contribution in [-0.4, -0.2) is 18.2 Å². The molecule has 2 N–H and O–H groups in total. The molecule has 1 aliphatic rings. The second-order valence-corrected chi connectivity index (χ2v) is 6.21. The first-order valence-electron chi connectivity index (χ1n) is 8.11. The topological polar surface area (TPSA) is 35.2 Å². The van der Waals surface area contributed by atoms with Crippen LogP contribution >= 0.6 is 0 Å². The summed E-state index contributed by atoms with van der Waals surface area (Å²) in [7, 11) is 0. The van der Waals surface area contributed by atoms with Gasteiger partial charge in [-0.3, -0.25) is 0 Å². The average molecular weight is 275 g/mol. The van der Waals surface area contributed by atoms with Crippen molar-refractivity contribution in [1.29, 1.82) is 0 Å². The Morgan fingerprint density at radius 1 is 1.10 bits per heavy atom. The van der Waals surface area contributed by atoms with E-state index in [1.54, 1.807) is 0 Å². The van der Waals surface area contributed by atoms with Gasteiger partial charge < -0.3 is 10.5 Å². The zero-order valence-electron chi connectivity index (χ0n) is 13.0. The minimum Gasteiger partial charge on any atom is -0.374 e. The van der Waals surface area contributed by atoms with Gasteiger partial charge in [-0.15, -0.1) is 0 Å². The highest BCUT2D eigenvalue weighted by atomic mass is 16.5. The molecule has 1 aromatic carbocycles. The van der Waals surface area contributed by atoms with E-state index in [4.69, 9.17) is 10.5 Å². The van der Waals surface area contributed by atoms with Crippen molar-refractivity contribution in [3.8, 4) is 0 Å². The van der Waals surface area contributed by atoms with E-state index in [2.05, 4.69) is 38.1 Å². The molecular weight excluding hydrogens is 246 g/mol. The molecule has 20 heavy (non-hydrogen) atoms. The van der Waals surface area contributed by atoms with Crippen LogP contribution in [0.4, 0.5) is 0 Å². The molecular formula is C18H29NO. The van der Waals surface area contributed by atoms with Crippen LogP contribution < -0.4 is 5.73 Å². The Kier molecular flexibility index (Phi) is 5.62. The maximum atomic E-state index is 6.58. The van der Waals surface area contributed by atoms with Crippen molar-refractivity contribution in [2.75, 3.05) is 6.61 Å². The molecule has 1 aliphatic carbocycles. The molecule has 1 aromatic rings. The van der Waals surface area contributed by atoms with Crippen LogP contribution in [0.15, 0.2) is 24.3 Å². The van der Waals surface area contributed by atoms with Gasteiger partial charge in [0.1, 0.15) is 0 Å². The van der Waals surface area contributed by atoms with Crippen molar-refractivity contribution in [2.24, 2.45) is 5.73 Å². The first-order chi connectivity index (χ1) is 9.66. The van der Waals surface area contributed by atoms with Crippen molar-refractivity contribution >= 4 is 0 Å². The maximum Gasteiger partial charge on any atom is 0.0835 e. The largest absolute Gasteiger partial charge is 0.374 e. The summed E-state index contributed by atoms with van der Waals surface area (Å²) in [4.78, 5) is 0. The first-order valence-corrected chi connectivity index (χ1v) is 8.11. The van der Waals surface area contributed by atoms with Crippen molar-refractivity contribution in [1.82, 2.24) is 0 Å². The summed E-state index contributed by atoms with van der Waals surface area (Å²) in [6, 6.07) is 8.84. The molecule has 0 radical (unpaired) electrons. The summed E-state index contributed by atoms with van der Waals surface area (Å²) in [5, 5.41) is 0. The van der Waals surface area contributed by atoms with Crippen LogP contribution in [-0.2, 0) is 11.2 Å². The minimum absolute atomic E-state index is 0.100. The molecule has 2 heteroatoms. The lowest BCUT2D eigenvalue weighted by atomic mass is 9.83. The number of hydrogen-bond donors (Lipinski definition) is 1. The molecule has 112 valence electrons. The smallest absolute Gasteiger partial charge is 0.0835 e. The Balaban J connectivity index is 2.09. The average Bonchev–Trinajstić information content (AvgIpc) is 2.68. The fraction of sp³-hybridized carbons (Fsp3) is 0.667. The lowest BCUT2D eigenvalue weighted by Gasteiger charge is -2.38. The van der Waals surface area contributed by atoms with E-state index >= 15 is 0 Å². The molecule has 2 rings (SSSR count). The second kappa shape index (κ2) is 7.24.